The summed E-state index contributed by atoms with van der Waals surface area (Å²) in [5.74, 6) is 0.696. The molecule has 3 heteroatoms. The standard InChI is InChI=1S/C59H38N2S/c1-3-15-39(16-4-1)40-29-31-42(32-30-40)55-38-54(41-17-5-2-6-18-41)60-58(61-55)47-22-14-21-45(36-47)43-19-13-20-44(35-43)46-33-34-57-53(37-46)59(52-27-11-12-28-56(52)62-57)50-25-9-7-23-48(50)49-24-8-10-26-51(49)59/h1-38H. The van der Waals surface area contributed by atoms with Gasteiger partial charge in [-0.1, -0.05) is 206 Å². The van der Waals surface area contributed by atoms with E-state index in [1.54, 1.807) is 0 Å². The minimum Gasteiger partial charge on any atom is -0.228 e. The van der Waals surface area contributed by atoms with Crippen molar-refractivity contribution in [3.8, 4) is 78.4 Å². The zero-order valence-corrected chi connectivity index (χ0v) is 34.6. The first-order valence-corrected chi connectivity index (χ1v) is 22.0. The predicted octanol–water partition coefficient (Wildman–Crippen LogP) is 15.3. The fraction of sp³-hybridized carbons (Fsp3) is 0.0169. The molecule has 1 aromatic heterocycles. The van der Waals surface area contributed by atoms with Crippen LogP contribution >= 0.6 is 11.8 Å². The normalized spacial score (nSPS) is 12.9. The Kier molecular flexibility index (Phi) is 8.69. The van der Waals surface area contributed by atoms with Gasteiger partial charge in [-0.25, -0.2) is 9.97 Å². The molecule has 0 unspecified atom stereocenters. The highest BCUT2D eigenvalue weighted by atomic mass is 32.2. The molecule has 0 bridgehead atoms. The maximum atomic E-state index is 5.21. The van der Waals surface area contributed by atoms with Crippen molar-refractivity contribution in [1.82, 2.24) is 9.97 Å². The van der Waals surface area contributed by atoms with Crippen LogP contribution in [-0.2, 0) is 5.41 Å². The lowest BCUT2D eigenvalue weighted by molar-refractivity contribution is 0.723. The number of rotatable bonds is 6. The van der Waals surface area contributed by atoms with Crippen molar-refractivity contribution in [3.63, 3.8) is 0 Å². The van der Waals surface area contributed by atoms with Gasteiger partial charge >= 0.3 is 0 Å². The molecule has 0 saturated carbocycles. The number of benzene rings is 9. The maximum Gasteiger partial charge on any atom is 0.160 e. The maximum absolute atomic E-state index is 5.21. The summed E-state index contributed by atoms with van der Waals surface area (Å²) in [7, 11) is 0. The minimum absolute atomic E-state index is 0.413. The van der Waals surface area contributed by atoms with E-state index in [1.165, 1.54) is 65.4 Å². The van der Waals surface area contributed by atoms with Gasteiger partial charge in [0.1, 0.15) is 0 Å². The molecule has 0 radical (unpaired) electrons. The lowest BCUT2D eigenvalue weighted by Crippen LogP contribution is -2.32. The Bertz CT molecular complexity index is 3270. The van der Waals surface area contributed by atoms with E-state index in [4.69, 9.17) is 9.97 Å². The SMILES string of the molecule is c1ccc(-c2ccc(-c3cc(-c4ccccc4)nc(-c4cccc(-c5cccc(-c6ccc7c(c6)C6(c8ccccc8S7)c7ccccc7-c7ccccc76)c5)c4)n3)cc2)cc1. The first kappa shape index (κ1) is 36.3. The van der Waals surface area contributed by atoms with Gasteiger partial charge in [0.05, 0.1) is 16.8 Å². The summed E-state index contributed by atoms with van der Waals surface area (Å²) in [6, 6.07) is 83.4. The Balaban J connectivity index is 0.943. The van der Waals surface area contributed by atoms with Gasteiger partial charge in [-0.15, -0.1) is 0 Å². The molecule has 2 heterocycles. The molecule has 1 aliphatic heterocycles. The van der Waals surface area contributed by atoms with Crippen LogP contribution in [0.15, 0.2) is 240 Å². The minimum atomic E-state index is -0.413. The van der Waals surface area contributed by atoms with Gasteiger partial charge < -0.3 is 0 Å². The van der Waals surface area contributed by atoms with Gasteiger partial charge in [0.25, 0.3) is 0 Å². The fourth-order valence-electron chi connectivity index (χ4n) is 9.70. The van der Waals surface area contributed by atoms with E-state index in [0.717, 1.165) is 39.2 Å². The largest absolute Gasteiger partial charge is 0.228 e. The van der Waals surface area contributed by atoms with E-state index >= 15 is 0 Å². The number of hydrogen-bond donors (Lipinski definition) is 0. The third kappa shape index (κ3) is 5.96. The molecule has 62 heavy (non-hydrogen) atoms. The van der Waals surface area contributed by atoms with Crippen LogP contribution < -0.4 is 0 Å². The van der Waals surface area contributed by atoms with Crippen molar-refractivity contribution in [2.24, 2.45) is 0 Å². The van der Waals surface area contributed by atoms with Gasteiger partial charge in [0.15, 0.2) is 5.82 Å². The molecule has 1 spiro atoms. The average molecular weight is 807 g/mol. The lowest BCUT2D eigenvalue weighted by atomic mass is 9.67. The molecule has 2 nitrogen and oxygen atoms in total. The highest BCUT2D eigenvalue weighted by Crippen LogP contribution is 2.62. The molecule has 0 fully saturated rings. The Labute approximate surface area is 366 Å². The van der Waals surface area contributed by atoms with Crippen molar-refractivity contribution in [2.75, 3.05) is 0 Å². The van der Waals surface area contributed by atoms with Crippen LogP contribution in [-0.4, -0.2) is 9.97 Å². The van der Waals surface area contributed by atoms with Crippen molar-refractivity contribution in [3.05, 3.63) is 253 Å². The van der Waals surface area contributed by atoms with Gasteiger partial charge in [-0.2, -0.15) is 0 Å². The second kappa shape index (κ2) is 14.8. The number of nitrogens with zero attached hydrogens (tertiary/aromatic N) is 2. The molecule has 9 aromatic carbocycles. The Morgan fingerprint density at radius 3 is 1.34 bits per heavy atom. The van der Waals surface area contributed by atoms with Crippen LogP contribution in [0.2, 0.25) is 0 Å². The second-order valence-corrected chi connectivity index (χ2v) is 17.2. The molecule has 1 aliphatic carbocycles. The summed E-state index contributed by atoms with van der Waals surface area (Å²) < 4.78 is 0. The average Bonchev–Trinajstić information content (AvgIpc) is 3.65. The van der Waals surface area contributed by atoms with Crippen LogP contribution in [0.1, 0.15) is 22.3 Å². The highest BCUT2D eigenvalue weighted by Gasteiger charge is 2.50. The third-order valence-corrected chi connectivity index (χ3v) is 13.7. The Morgan fingerprint density at radius 2 is 0.694 bits per heavy atom. The molecule has 2 aliphatic rings. The van der Waals surface area contributed by atoms with E-state index in [1.807, 2.05) is 23.9 Å². The molecule has 12 rings (SSSR count). The molecule has 0 N–H and O–H groups in total. The molecule has 10 aromatic rings. The van der Waals surface area contributed by atoms with Crippen molar-refractivity contribution in [1.29, 1.82) is 0 Å². The van der Waals surface area contributed by atoms with Crippen molar-refractivity contribution < 1.29 is 0 Å². The zero-order valence-electron chi connectivity index (χ0n) is 33.7. The highest BCUT2D eigenvalue weighted by molar-refractivity contribution is 7.99. The molecular formula is C59H38N2S. The number of fused-ring (bicyclic) bond motifs is 9. The van der Waals surface area contributed by atoms with Crippen molar-refractivity contribution >= 4 is 11.8 Å². The smallest absolute Gasteiger partial charge is 0.160 e. The Hall–Kier alpha value is -7.59. The van der Waals surface area contributed by atoms with Crippen LogP contribution in [0.5, 0.6) is 0 Å². The first-order valence-electron chi connectivity index (χ1n) is 21.1. The number of aromatic nitrogens is 2. The first-order chi connectivity index (χ1) is 30.7. The third-order valence-electron chi connectivity index (χ3n) is 12.6. The fourth-order valence-corrected chi connectivity index (χ4v) is 10.9. The molecular weight excluding hydrogens is 769 g/mol. The van der Waals surface area contributed by atoms with E-state index in [-0.39, 0.29) is 0 Å². The monoisotopic (exact) mass is 806 g/mol. The molecule has 0 atom stereocenters. The van der Waals surface area contributed by atoms with Gasteiger partial charge in [-0.05, 0) is 103 Å². The van der Waals surface area contributed by atoms with Crippen LogP contribution in [0.3, 0.4) is 0 Å². The summed E-state index contributed by atoms with van der Waals surface area (Å²) in [5.41, 5.74) is 19.5. The summed E-state index contributed by atoms with van der Waals surface area (Å²) in [6.45, 7) is 0. The molecule has 0 amide bonds. The van der Waals surface area contributed by atoms with Gasteiger partial charge in [0.2, 0.25) is 0 Å². The summed E-state index contributed by atoms with van der Waals surface area (Å²) in [4.78, 5) is 13.0. The van der Waals surface area contributed by atoms with Crippen LogP contribution in [0.25, 0.3) is 78.4 Å². The summed E-state index contributed by atoms with van der Waals surface area (Å²) in [6.07, 6.45) is 0. The van der Waals surface area contributed by atoms with E-state index < -0.39 is 5.41 Å². The van der Waals surface area contributed by atoms with Crippen LogP contribution in [0, 0.1) is 0 Å². The van der Waals surface area contributed by atoms with E-state index in [2.05, 4.69) is 218 Å². The summed E-state index contributed by atoms with van der Waals surface area (Å²) in [5, 5.41) is 0. The predicted molar refractivity (Wildman–Crippen MR) is 256 cm³/mol. The van der Waals surface area contributed by atoms with Crippen LogP contribution in [0.4, 0.5) is 0 Å². The van der Waals surface area contributed by atoms with Crippen molar-refractivity contribution in [2.45, 2.75) is 15.2 Å². The van der Waals surface area contributed by atoms with Gasteiger partial charge in [0, 0.05) is 26.5 Å². The quantitative estimate of drug-likeness (QED) is 0.167. The topological polar surface area (TPSA) is 25.8 Å². The second-order valence-electron chi connectivity index (χ2n) is 16.1. The molecule has 0 saturated heterocycles. The van der Waals surface area contributed by atoms with E-state index in [0.29, 0.717) is 5.82 Å². The Morgan fingerprint density at radius 1 is 0.274 bits per heavy atom. The lowest BCUT2D eigenvalue weighted by Gasteiger charge is -2.40. The molecule has 290 valence electrons. The number of hydrogen-bond acceptors (Lipinski definition) is 3. The zero-order chi connectivity index (χ0) is 41.0. The summed E-state index contributed by atoms with van der Waals surface area (Å²) >= 11 is 1.88. The van der Waals surface area contributed by atoms with E-state index in [9.17, 15) is 0 Å². The van der Waals surface area contributed by atoms with Gasteiger partial charge in [-0.3, -0.25) is 0 Å².